The van der Waals surface area contributed by atoms with Gasteiger partial charge >= 0.3 is 0 Å². The molecule has 0 radical (unpaired) electrons. The van der Waals surface area contributed by atoms with E-state index in [9.17, 15) is 4.79 Å². The molecule has 1 fully saturated rings. The fourth-order valence-corrected chi connectivity index (χ4v) is 2.81. The van der Waals surface area contributed by atoms with Crippen molar-refractivity contribution in [2.45, 2.75) is 25.3 Å². The number of hydrogen-bond acceptors (Lipinski definition) is 4. The molecule has 2 aliphatic rings. The van der Waals surface area contributed by atoms with E-state index in [0.29, 0.717) is 31.1 Å². The monoisotopic (exact) mass is 276 g/mol. The Labute approximate surface area is 118 Å². The average Bonchev–Trinajstić information content (AvgIpc) is 2.83. The van der Waals surface area contributed by atoms with E-state index < -0.39 is 0 Å². The van der Waals surface area contributed by atoms with E-state index in [0.717, 1.165) is 31.6 Å². The number of benzene rings is 1. The molecule has 0 bridgehead atoms. The molecule has 5 nitrogen and oxygen atoms in total. The van der Waals surface area contributed by atoms with Crippen LogP contribution in [-0.2, 0) is 0 Å². The molecule has 1 unspecified atom stereocenters. The van der Waals surface area contributed by atoms with Crippen LogP contribution in [0, 0.1) is 0 Å². The zero-order valence-corrected chi connectivity index (χ0v) is 11.5. The van der Waals surface area contributed by atoms with Crippen LogP contribution in [0.1, 0.15) is 29.6 Å². The maximum atomic E-state index is 12.6. The highest BCUT2D eigenvalue weighted by Gasteiger charge is 2.28. The van der Waals surface area contributed by atoms with Crippen molar-refractivity contribution in [3.8, 4) is 11.5 Å². The van der Waals surface area contributed by atoms with Crippen molar-refractivity contribution in [3.05, 3.63) is 23.8 Å². The number of rotatable bonds is 2. The first-order valence-corrected chi connectivity index (χ1v) is 7.20. The summed E-state index contributed by atoms with van der Waals surface area (Å²) in [4.78, 5) is 14.4. The molecule has 1 aromatic rings. The van der Waals surface area contributed by atoms with Gasteiger partial charge in [0.25, 0.3) is 5.91 Å². The second-order valence-electron chi connectivity index (χ2n) is 5.24. The fourth-order valence-electron chi connectivity index (χ4n) is 2.81. The van der Waals surface area contributed by atoms with E-state index in [2.05, 4.69) is 0 Å². The quantitative estimate of drug-likeness (QED) is 0.887. The van der Waals surface area contributed by atoms with Gasteiger partial charge in [0.15, 0.2) is 11.5 Å². The predicted molar refractivity (Wildman–Crippen MR) is 75.2 cm³/mol. The van der Waals surface area contributed by atoms with Crippen LogP contribution in [0.15, 0.2) is 18.2 Å². The first-order valence-electron chi connectivity index (χ1n) is 7.20. The summed E-state index contributed by atoms with van der Waals surface area (Å²) in [5.74, 6) is 1.42. The third-order valence-corrected chi connectivity index (χ3v) is 3.90. The van der Waals surface area contributed by atoms with Crippen molar-refractivity contribution in [1.82, 2.24) is 4.90 Å². The summed E-state index contributed by atoms with van der Waals surface area (Å²) in [5.41, 5.74) is 6.38. The molecule has 0 spiro atoms. The number of likely N-dealkylation sites (tertiary alicyclic amines) is 1. The molecule has 0 saturated carbocycles. The maximum absolute atomic E-state index is 12.6. The number of carbonyl (C=O) groups is 1. The number of nitrogens with two attached hydrogens (primary N) is 1. The highest BCUT2D eigenvalue weighted by atomic mass is 16.5. The van der Waals surface area contributed by atoms with E-state index in [-0.39, 0.29) is 11.9 Å². The lowest BCUT2D eigenvalue weighted by Gasteiger charge is -2.23. The number of fused-ring (bicyclic) bond motifs is 1. The Kier molecular flexibility index (Phi) is 3.78. The molecule has 2 N–H and O–H groups in total. The summed E-state index contributed by atoms with van der Waals surface area (Å²) >= 11 is 0. The molecule has 0 aromatic heterocycles. The van der Waals surface area contributed by atoms with Gasteiger partial charge in [0.2, 0.25) is 0 Å². The molecule has 3 rings (SSSR count). The molecule has 1 saturated heterocycles. The largest absolute Gasteiger partial charge is 0.490 e. The number of hydrogen-bond donors (Lipinski definition) is 1. The van der Waals surface area contributed by atoms with Crippen LogP contribution < -0.4 is 15.2 Å². The first kappa shape index (κ1) is 13.2. The molecule has 2 heterocycles. The van der Waals surface area contributed by atoms with Crippen LogP contribution in [-0.4, -0.2) is 43.2 Å². The third-order valence-electron chi connectivity index (χ3n) is 3.90. The van der Waals surface area contributed by atoms with Gasteiger partial charge in [-0.2, -0.15) is 0 Å². The highest BCUT2D eigenvalue weighted by Crippen LogP contribution is 2.31. The molecular weight excluding hydrogens is 256 g/mol. The van der Waals surface area contributed by atoms with Crippen molar-refractivity contribution in [2.24, 2.45) is 5.73 Å². The number of amides is 1. The van der Waals surface area contributed by atoms with Crippen molar-refractivity contribution in [3.63, 3.8) is 0 Å². The van der Waals surface area contributed by atoms with E-state index >= 15 is 0 Å². The molecule has 108 valence electrons. The topological polar surface area (TPSA) is 64.8 Å². The van der Waals surface area contributed by atoms with Crippen molar-refractivity contribution in [2.75, 3.05) is 26.3 Å². The average molecular weight is 276 g/mol. The number of ether oxygens (including phenoxy) is 2. The summed E-state index contributed by atoms with van der Waals surface area (Å²) < 4.78 is 11.2. The summed E-state index contributed by atoms with van der Waals surface area (Å²) in [6, 6.07) is 5.58. The smallest absolute Gasteiger partial charge is 0.254 e. The minimum Gasteiger partial charge on any atom is -0.490 e. The van der Waals surface area contributed by atoms with Crippen molar-refractivity contribution < 1.29 is 14.3 Å². The van der Waals surface area contributed by atoms with Crippen LogP contribution in [0.2, 0.25) is 0 Å². The second-order valence-corrected chi connectivity index (χ2v) is 5.24. The minimum absolute atomic E-state index is 0.0357. The van der Waals surface area contributed by atoms with Crippen molar-refractivity contribution >= 4 is 5.91 Å². The van der Waals surface area contributed by atoms with Gasteiger partial charge in [-0.25, -0.2) is 0 Å². The Morgan fingerprint density at radius 1 is 1.25 bits per heavy atom. The van der Waals surface area contributed by atoms with E-state index in [1.165, 1.54) is 0 Å². The molecule has 5 heteroatoms. The molecule has 1 aromatic carbocycles. The summed E-state index contributed by atoms with van der Waals surface area (Å²) in [5, 5.41) is 0. The van der Waals surface area contributed by atoms with Crippen molar-refractivity contribution in [1.29, 1.82) is 0 Å². The van der Waals surface area contributed by atoms with Crippen LogP contribution in [0.3, 0.4) is 0 Å². The highest BCUT2D eigenvalue weighted by molar-refractivity contribution is 5.95. The predicted octanol–water partition coefficient (Wildman–Crippen LogP) is 1.41. The third kappa shape index (κ3) is 2.45. The van der Waals surface area contributed by atoms with Crippen LogP contribution >= 0.6 is 0 Å². The fraction of sp³-hybridized carbons (Fsp3) is 0.533. The normalized spacial score (nSPS) is 21.6. The van der Waals surface area contributed by atoms with Crippen LogP contribution in [0.25, 0.3) is 0 Å². The van der Waals surface area contributed by atoms with Gasteiger partial charge in [-0.1, -0.05) is 0 Å². The van der Waals surface area contributed by atoms with Gasteiger partial charge in [0.05, 0.1) is 13.2 Å². The number of carbonyl (C=O) groups excluding carboxylic acids is 1. The van der Waals surface area contributed by atoms with Gasteiger partial charge < -0.3 is 20.1 Å². The van der Waals surface area contributed by atoms with E-state index in [1.807, 2.05) is 17.0 Å². The molecule has 0 aliphatic carbocycles. The Morgan fingerprint density at radius 2 is 2.05 bits per heavy atom. The Bertz CT molecular complexity index is 504. The van der Waals surface area contributed by atoms with Crippen LogP contribution in [0.5, 0.6) is 11.5 Å². The van der Waals surface area contributed by atoms with Gasteiger partial charge in [-0.05, 0) is 31.0 Å². The molecular formula is C15H20N2O3. The first-order chi connectivity index (χ1) is 9.79. The zero-order valence-electron chi connectivity index (χ0n) is 11.5. The maximum Gasteiger partial charge on any atom is 0.254 e. The Morgan fingerprint density at radius 3 is 2.85 bits per heavy atom. The lowest BCUT2D eigenvalue weighted by molar-refractivity contribution is 0.0740. The standard InChI is InChI=1S/C15H20N2O3/c16-10-12-3-1-6-17(12)15(18)11-4-5-13-14(9-11)20-8-2-7-19-13/h4-5,9,12H,1-3,6-8,10,16H2. The molecule has 1 atom stereocenters. The van der Waals surface area contributed by atoms with Gasteiger partial charge in [-0.15, -0.1) is 0 Å². The second kappa shape index (κ2) is 5.71. The van der Waals surface area contributed by atoms with E-state index in [4.69, 9.17) is 15.2 Å². The van der Waals surface area contributed by atoms with Gasteiger partial charge in [-0.3, -0.25) is 4.79 Å². The van der Waals surface area contributed by atoms with Crippen LogP contribution in [0.4, 0.5) is 0 Å². The zero-order chi connectivity index (χ0) is 13.9. The lowest BCUT2D eigenvalue weighted by atomic mass is 10.1. The SMILES string of the molecule is NCC1CCCN1C(=O)c1ccc2c(c1)OCCCO2. The van der Waals surface area contributed by atoms with Gasteiger partial charge in [0, 0.05) is 31.1 Å². The van der Waals surface area contributed by atoms with E-state index in [1.54, 1.807) is 6.07 Å². The summed E-state index contributed by atoms with van der Waals surface area (Å²) in [6.07, 6.45) is 2.88. The minimum atomic E-state index is 0.0357. The molecule has 20 heavy (non-hydrogen) atoms. The van der Waals surface area contributed by atoms with Gasteiger partial charge in [0.1, 0.15) is 0 Å². The summed E-state index contributed by atoms with van der Waals surface area (Å²) in [6.45, 7) is 2.59. The Balaban J connectivity index is 1.83. The molecule has 1 amide bonds. The Hall–Kier alpha value is -1.75. The molecule has 2 aliphatic heterocycles. The number of nitrogens with zero attached hydrogens (tertiary/aromatic N) is 1. The summed E-state index contributed by atoms with van der Waals surface area (Å²) in [7, 11) is 0. The lowest BCUT2D eigenvalue weighted by Crippen LogP contribution is -2.39.